The van der Waals surface area contributed by atoms with Crippen molar-refractivity contribution < 1.29 is 0 Å². The molecule has 0 saturated carbocycles. The standard InChI is InChI=1S/C30H14N4S6/c1-3-21(35-19(1)15-9-31-13-32-10-15)25-7-27-29(39-25)17-5-24-18(6-23(17)37-27)30-28(38-24)8-26(40-30)22-4-2-20(36-22)16-11-33-14-34-12-16/h1-14H. The first kappa shape index (κ1) is 23.3. The van der Waals surface area contributed by atoms with Crippen molar-refractivity contribution in [3.8, 4) is 40.4 Å². The molecule has 8 aromatic heterocycles. The average molecular weight is 623 g/mol. The molecule has 0 N–H and O–H groups in total. The van der Waals surface area contributed by atoms with E-state index in [0.717, 1.165) is 11.1 Å². The summed E-state index contributed by atoms with van der Waals surface area (Å²) in [4.78, 5) is 24.3. The number of thiophene rings is 6. The highest BCUT2D eigenvalue weighted by molar-refractivity contribution is 7.36. The van der Waals surface area contributed by atoms with Crippen molar-refractivity contribution in [2.75, 3.05) is 0 Å². The number of rotatable bonds is 4. The van der Waals surface area contributed by atoms with E-state index in [0.29, 0.717) is 0 Å². The van der Waals surface area contributed by atoms with Crippen LogP contribution in [0.4, 0.5) is 0 Å². The van der Waals surface area contributed by atoms with Crippen molar-refractivity contribution in [2.24, 2.45) is 0 Å². The number of nitrogens with zero attached hydrogens (tertiary/aromatic N) is 4. The summed E-state index contributed by atoms with van der Waals surface area (Å²) in [6, 6.07) is 18.3. The number of hydrogen-bond donors (Lipinski definition) is 0. The minimum Gasteiger partial charge on any atom is -0.244 e. The number of benzene rings is 1. The van der Waals surface area contributed by atoms with Gasteiger partial charge in [0.2, 0.25) is 0 Å². The largest absolute Gasteiger partial charge is 0.244 e. The fraction of sp³-hybridized carbons (Fsp3) is 0. The Morgan fingerprint density at radius 2 is 0.800 bits per heavy atom. The van der Waals surface area contributed by atoms with Crippen LogP contribution in [0.5, 0.6) is 0 Å². The van der Waals surface area contributed by atoms with Gasteiger partial charge < -0.3 is 0 Å². The Balaban J connectivity index is 1.09. The van der Waals surface area contributed by atoms with Gasteiger partial charge >= 0.3 is 0 Å². The zero-order chi connectivity index (χ0) is 26.2. The van der Waals surface area contributed by atoms with Gasteiger partial charge in [-0.25, -0.2) is 19.9 Å². The summed E-state index contributed by atoms with van der Waals surface area (Å²) < 4.78 is 8.25. The Labute approximate surface area is 251 Å². The summed E-state index contributed by atoms with van der Waals surface area (Å²) in [5, 5.41) is 2.75. The summed E-state index contributed by atoms with van der Waals surface area (Å²) >= 11 is 11.2. The van der Waals surface area contributed by atoms with E-state index in [-0.39, 0.29) is 0 Å². The van der Waals surface area contributed by atoms with Crippen LogP contribution in [0.3, 0.4) is 0 Å². The molecule has 190 valence electrons. The Morgan fingerprint density at radius 1 is 0.375 bits per heavy atom. The second kappa shape index (κ2) is 9.07. The van der Waals surface area contributed by atoms with Gasteiger partial charge in [-0.2, -0.15) is 0 Å². The average Bonchev–Trinajstić information content (AvgIpc) is 3.82. The van der Waals surface area contributed by atoms with Crippen molar-refractivity contribution in [3.63, 3.8) is 0 Å². The van der Waals surface area contributed by atoms with Gasteiger partial charge in [-0.3, -0.25) is 0 Å². The Bertz CT molecular complexity index is 2170. The van der Waals surface area contributed by atoms with Crippen molar-refractivity contribution in [1.29, 1.82) is 0 Å². The lowest BCUT2D eigenvalue weighted by molar-refractivity contribution is 1.17. The van der Waals surface area contributed by atoms with Gasteiger partial charge in [-0.1, -0.05) is 0 Å². The topological polar surface area (TPSA) is 51.6 Å². The minimum atomic E-state index is 1.07. The lowest BCUT2D eigenvalue weighted by atomic mass is 10.2. The highest BCUT2D eigenvalue weighted by Gasteiger charge is 2.17. The molecule has 0 unspecified atom stereocenters. The molecular formula is C30H14N4S6. The summed E-state index contributed by atoms with van der Waals surface area (Å²) in [6.07, 6.45) is 10.7. The summed E-state index contributed by atoms with van der Waals surface area (Å²) in [7, 11) is 0. The number of aromatic nitrogens is 4. The first-order valence-electron chi connectivity index (χ1n) is 12.3. The molecule has 0 atom stereocenters. The van der Waals surface area contributed by atoms with E-state index in [2.05, 4.69) is 68.5 Å². The number of fused-ring (bicyclic) bond motifs is 6. The van der Waals surface area contributed by atoms with Crippen LogP contribution in [0.1, 0.15) is 0 Å². The maximum Gasteiger partial charge on any atom is 0.115 e. The lowest BCUT2D eigenvalue weighted by Crippen LogP contribution is -1.77. The van der Waals surface area contributed by atoms with Gasteiger partial charge in [0.25, 0.3) is 0 Å². The quantitative estimate of drug-likeness (QED) is 0.196. The van der Waals surface area contributed by atoms with Crippen molar-refractivity contribution >= 4 is 107 Å². The molecule has 0 bridgehead atoms. The Hall–Kier alpha value is -3.38. The van der Waals surface area contributed by atoms with E-state index >= 15 is 0 Å². The smallest absolute Gasteiger partial charge is 0.115 e. The van der Waals surface area contributed by atoms with Crippen LogP contribution in [0.25, 0.3) is 79.4 Å². The molecule has 0 amide bonds. The van der Waals surface area contributed by atoms with Crippen LogP contribution in [0, 0.1) is 0 Å². The molecule has 9 aromatic rings. The van der Waals surface area contributed by atoms with Crippen LogP contribution < -0.4 is 0 Å². The van der Waals surface area contributed by atoms with Gasteiger partial charge in [0.05, 0.1) is 9.40 Å². The molecule has 0 aliphatic rings. The molecule has 9 rings (SSSR count). The van der Waals surface area contributed by atoms with Crippen LogP contribution in [-0.2, 0) is 0 Å². The number of hydrogen-bond acceptors (Lipinski definition) is 10. The third-order valence-corrected chi connectivity index (χ3v) is 14.2. The van der Waals surface area contributed by atoms with Crippen molar-refractivity contribution in [1.82, 2.24) is 19.9 Å². The van der Waals surface area contributed by atoms with E-state index in [1.54, 1.807) is 35.3 Å². The second-order valence-electron chi connectivity index (χ2n) is 9.24. The highest BCUT2D eigenvalue weighted by atomic mass is 32.1. The molecule has 0 fully saturated rings. The fourth-order valence-electron chi connectivity index (χ4n) is 4.94. The highest BCUT2D eigenvalue weighted by Crippen LogP contribution is 2.50. The molecule has 0 saturated heterocycles. The molecule has 10 heteroatoms. The Kier molecular flexibility index (Phi) is 5.29. The lowest BCUT2D eigenvalue weighted by Gasteiger charge is -1.95. The van der Waals surface area contributed by atoms with E-state index in [4.69, 9.17) is 0 Å². The van der Waals surface area contributed by atoms with Gasteiger partial charge in [-0.05, 0) is 48.5 Å². The van der Waals surface area contributed by atoms with Crippen LogP contribution >= 0.6 is 68.0 Å². The van der Waals surface area contributed by atoms with Crippen LogP contribution in [0.15, 0.2) is 86.0 Å². The van der Waals surface area contributed by atoms with E-state index in [1.165, 1.54) is 68.2 Å². The third kappa shape index (κ3) is 3.72. The molecule has 0 spiro atoms. The van der Waals surface area contributed by atoms with E-state index in [1.807, 2.05) is 70.1 Å². The van der Waals surface area contributed by atoms with E-state index < -0.39 is 0 Å². The van der Waals surface area contributed by atoms with Gasteiger partial charge in [-0.15, -0.1) is 68.0 Å². The minimum absolute atomic E-state index is 1.07. The second-order valence-corrected chi connectivity index (χ2v) is 15.7. The van der Waals surface area contributed by atoms with Gasteiger partial charge in [0.1, 0.15) is 12.7 Å². The zero-order valence-corrected chi connectivity index (χ0v) is 25.2. The summed E-state index contributed by atoms with van der Waals surface area (Å²) in [6.45, 7) is 0. The molecule has 0 radical (unpaired) electrons. The molecule has 40 heavy (non-hydrogen) atoms. The fourth-order valence-corrected chi connectivity index (χ4v) is 12.1. The van der Waals surface area contributed by atoms with Gasteiger partial charge in [0, 0.05) is 94.7 Å². The van der Waals surface area contributed by atoms with Crippen molar-refractivity contribution in [3.05, 3.63) is 86.0 Å². The predicted octanol–water partition coefficient (Wildman–Crippen LogP) is 10.9. The maximum absolute atomic E-state index is 4.17. The van der Waals surface area contributed by atoms with Crippen LogP contribution in [0.2, 0.25) is 0 Å². The maximum atomic E-state index is 4.17. The predicted molar refractivity (Wildman–Crippen MR) is 177 cm³/mol. The monoisotopic (exact) mass is 622 g/mol. The molecule has 0 aliphatic carbocycles. The summed E-state index contributed by atoms with van der Waals surface area (Å²) in [5.41, 5.74) is 2.13. The summed E-state index contributed by atoms with van der Waals surface area (Å²) in [5.74, 6) is 0. The normalized spacial score (nSPS) is 12.0. The SMILES string of the molecule is c1ncc(-c2ccc(-c3cc4sc5cc6c(cc5c4s3)sc3cc(-c4ccc(-c5cncnc5)s4)sc36)s2)cn1. The Morgan fingerprint density at radius 3 is 1.25 bits per heavy atom. The first-order chi connectivity index (χ1) is 19.8. The molecular weight excluding hydrogens is 609 g/mol. The molecule has 8 heterocycles. The van der Waals surface area contributed by atoms with Gasteiger partial charge in [0.15, 0.2) is 0 Å². The van der Waals surface area contributed by atoms with Crippen molar-refractivity contribution in [2.45, 2.75) is 0 Å². The molecule has 0 aliphatic heterocycles. The molecule has 1 aromatic carbocycles. The zero-order valence-electron chi connectivity index (χ0n) is 20.3. The third-order valence-electron chi connectivity index (χ3n) is 6.79. The van der Waals surface area contributed by atoms with E-state index in [9.17, 15) is 0 Å². The first-order valence-corrected chi connectivity index (χ1v) is 17.2. The molecule has 4 nitrogen and oxygen atoms in total. The van der Waals surface area contributed by atoms with Crippen LogP contribution in [-0.4, -0.2) is 19.9 Å².